The van der Waals surface area contributed by atoms with Crippen LogP contribution < -0.4 is 10.6 Å². The highest BCUT2D eigenvalue weighted by molar-refractivity contribution is 7.09. The van der Waals surface area contributed by atoms with Crippen molar-refractivity contribution in [3.05, 3.63) is 16.6 Å². The second-order valence-electron chi connectivity index (χ2n) is 2.52. The van der Waals surface area contributed by atoms with Gasteiger partial charge in [-0.05, 0) is 6.92 Å². The van der Waals surface area contributed by atoms with Crippen molar-refractivity contribution in [1.82, 2.24) is 15.6 Å². The summed E-state index contributed by atoms with van der Waals surface area (Å²) in [6.07, 6.45) is 1.80. The fraction of sp³-hybridized carbons (Fsp3) is 0.500. The summed E-state index contributed by atoms with van der Waals surface area (Å²) in [5.74, 6) is 0.0343. The number of carbonyl (C=O) groups excluding carboxylic acids is 1. The van der Waals surface area contributed by atoms with Gasteiger partial charge in [0.05, 0.1) is 12.1 Å². The summed E-state index contributed by atoms with van der Waals surface area (Å²) in [5.41, 5.74) is 1.78. The van der Waals surface area contributed by atoms with Crippen molar-refractivity contribution in [2.75, 3.05) is 13.1 Å². The maximum atomic E-state index is 11.0. The SMILES string of the molecule is CCNC(=O)CNCc1cncs1. The topological polar surface area (TPSA) is 54.0 Å². The molecule has 0 saturated carbocycles. The highest BCUT2D eigenvalue weighted by atomic mass is 32.1. The lowest BCUT2D eigenvalue weighted by Gasteiger charge is -2.02. The number of hydrogen-bond donors (Lipinski definition) is 2. The van der Waals surface area contributed by atoms with Crippen molar-refractivity contribution in [3.63, 3.8) is 0 Å². The average molecular weight is 199 g/mol. The fourth-order valence-corrected chi connectivity index (χ4v) is 1.45. The summed E-state index contributed by atoms with van der Waals surface area (Å²) in [5, 5.41) is 5.74. The second-order valence-corrected chi connectivity index (χ2v) is 3.50. The third kappa shape index (κ3) is 4.00. The maximum Gasteiger partial charge on any atom is 0.233 e. The number of nitrogens with one attached hydrogen (secondary N) is 2. The Morgan fingerprint density at radius 1 is 1.69 bits per heavy atom. The van der Waals surface area contributed by atoms with E-state index < -0.39 is 0 Å². The van der Waals surface area contributed by atoms with E-state index in [9.17, 15) is 4.79 Å². The van der Waals surface area contributed by atoms with Gasteiger partial charge in [-0.1, -0.05) is 0 Å². The van der Waals surface area contributed by atoms with Crippen molar-refractivity contribution in [2.24, 2.45) is 0 Å². The van der Waals surface area contributed by atoms with Crippen LogP contribution in [0.25, 0.3) is 0 Å². The Hall–Kier alpha value is -0.940. The van der Waals surface area contributed by atoms with E-state index >= 15 is 0 Å². The molecule has 4 nitrogen and oxygen atoms in total. The van der Waals surface area contributed by atoms with E-state index in [1.807, 2.05) is 6.92 Å². The van der Waals surface area contributed by atoms with E-state index in [1.165, 1.54) is 0 Å². The Morgan fingerprint density at radius 3 is 3.15 bits per heavy atom. The highest BCUT2D eigenvalue weighted by Gasteiger charge is 1.98. The molecule has 0 bridgehead atoms. The lowest BCUT2D eigenvalue weighted by Crippen LogP contribution is -2.33. The zero-order valence-electron chi connectivity index (χ0n) is 7.54. The molecule has 0 saturated heterocycles. The molecule has 1 rings (SSSR count). The number of likely N-dealkylation sites (N-methyl/N-ethyl adjacent to an activating group) is 1. The van der Waals surface area contributed by atoms with Gasteiger partial charge in [0.25, 0.3) is 0 Å². The Morgan fingerprint density at radius 2 is 2.54 bits per heavy atom. The smallest absolute Gasteiger partial charge is 0.233 e. The molecule has 0 spiro atoms. The molecule has 1 heterocycles. The first-order valence-electron chi connectivity index (χ1n) is 4.17. The first-order chi connectivity index (χ1) is 6.33. The Bertz CT molecular complexity index is 248. The first kappa shape index (κ1) is 10.1. The van der Waals surface area contributed by atoms with E-state index in [4.69, 9.17) is 0 Å². The Labute approximate surface area is 81.4 Å². The van der Waals surface area contributed by atoms with E-state index in [0.717, 1.165) is 4.88 Å². The summed E-state index contributed by atoms with van der Waals surface area (Å²) in [4.78, 5) is 16.1. The molecular weight excluding hydrogens is 186 g/mol. The van der Waals surface area contributed by atoms with E-state index in [1.54, 1.807) is 23.0 Å². The second kappa shape index (κ2) is 5.66. The lowest BCUT2D eigenvalue weighted by atomic mass is 10.5. The van der Waals surface area contributed by atoms with Crippen molar-refractivity contribution in [2.45, 2.75) is 13.5 Å². The van der Waals surface area contributed by atoms with Crippen LogP contribution in [-0.4, -0.2) is 24.0 Å². The van der Waals surface area contributed by atoms with Gasteiger partial charge in [0.15, 0.2) is 0 Å². The summed E-state index contributed by atoms with van der Waals surface area (Å²) in [6.45, 7) is 3.66. The van der Waals surface area contributed by atoms with Crippen molar-refractivity contribution in [1.29, 1.82) is 0 Å². The van der Waals surface area contributed by atoms with Gasteiger partial charge in [0.2, 0.25) is 5.91 Å². The molecule has 0 fully saturated rings. The van der Waals surface area contributed by atoms with Gasteiger partial charge >= 0.3 is 0 Å². The standard InChI is InChI=1S/C8H13N3OS/c1-2-11-8(12)5-9-3-7-4-10-6-13-7/h4,6,9H,2-3,5H2,1H3,(H,11,12). The Kier molecular flexibility index (Phi) is 4.42. The molecular formula is C8H13N3OS. The molecule has 72 valence electrons. The largest absolute Gasteiger partial charge is 0.355 e. The van der Waals surface area contributed by atoms with Gasteiger partial charge in [-0.15, -0.1) is 11.3 Å². The minimum atomic E-state index is 0.0343. The van der Waals surface area contributed by atoms with Crippen LogP contribution >= 0.6 is 11.3 Å². The number of carbonyl (C=O) groups is 1. The lowest BCUT2D eigenvalue weighted by molar-refractivity contribution is -0.120. The van der Waals surface area contributed by atoms with E-state index in [-0.39, 0.29) is 5.91 Å². The van der Waals surface area contributed by atoms with Gasteiger partial charge in [0.1, 0.15) is 0 Å². The molecule has 13 heavy (non-hydrogen) atoms. The molecule has 1 aromatic heterocycles. The Balaban J connectivity index is 2.11. The maximum absolute atomic E-state index is 11.0. The minimum Gasteiger partial charge on any atom is -0.355 e. The van der Waals surface area contributed by atoms with Crippen LogP contribution in [0.4, 0.5) is 0 Å². The van der Waals surface area contributed by atoms with Crippen LogP contribution in [0.15, 0.2) is 11.7 Å². The van der Waals surface area contributed by atoms with Gasteiger partial charge in [0, 0.05) is 24.2 Å². The monoisotopic (exact) mass is 199 g/mol. The van der Waals surface area contributed by atoms with Crippen LogP contribution in [0, 0.1) is 0 Å². The van der Waals surface area contributed by atoms with Crippen LogP contribution in [0.1, 0.15) is 11.8 Å². The first-order valence-corrected chi connectivity index (χ1v) is 5.05. The van der Waals surface area contributed by atoms with Crippen molar-refractivity contribution in [3.8, 4) is 0 Å². The van der Waals surface area contributed by atoms with Crippen molar-refractivity contribution >= 4 is 17.2 Å². The van der Waals surface area contributed by atoms with Gasteiger partial charge in [-0.25, -0.2) is 0 Å². The van der Waals surface area contributed by atoms with E-state index in [0.29, 0.717) is 19.6 Å². The minimum absolute atomic E-state index is 0.0343. The number of amides is 1. The van der Waals surface area contributed by atoms with Crippen LogP contribution in [0.2, 0.25) is 0 Å². The molecule has 0 atom stereocenters. The molecule has 1 aromatic rings. The third-order valence-corrected chi connectivity index (χ3v) is 2.22. The number of rotatable bonds is 5. The summed E-state index contributed by atoms with van der Waals surface area (Å²) in [7, 11) is 0. The molecule has 0 aromatic carbocycles. The molecule has 2 N–H and O–H groups in total. The highest BCUT2D eigenvalue weighted by Crippen LogP contribution is 2.03. The predicted molar refractivity (Wildman–Crippen MR) is 52.5 cm³/mol. The molecule has 0 aliphatic heterocycles. The number of nitrogens with zero attached hydrogens (tertiary/aromatic N) is 1. The third-order valence-electron chi connectivity index (χ3n) is 1.44. The predicted octanol–water partition coefficient (Wildman–Crippen LogP) is 0.369. The molecule has 0 aliphatic rings. The van der Waals surface area contributed by atoms with Crippen LogP contribution in [-0.2, 0) is 11.3 Å². The summed E-state index contributed by atoms with van der Waals surface area (Å²) in [6, 6.07) is 0. The van der Waals surface area contributed by atoms with Crippen LogP contribution in [0.3, 0.4) is 0 Å². The van der Waals surface area contributed by atoms with Gasteiger partial charge in [-0.3, -0.25) is 9.78 Å². The zero-order valence-corrected chi connectivity index (χ0v) is 8.36. The molecule has 5 heteroatoms. The summed E-state index contributed by atoms with van der Waals surface area (Å²) >= 11 is 1.58. The molecule has 0 radical (unpaired) electrons. The molecule has 0 aliphatic carbocycles. The average Bonchev–Trinajstić information content (AvgIpc) is 2.57. The van der Waals surface area contributed by atoms with Crippen LogP contribution in [0.5, 0.6) is 0 Å². The normalized spacial score (nSPS) is 9.92. The number of thiazole rings is 1. The summed E-state index contributed by atoms with van der Waals surface area (Å²) < 4.78 is 0. The number of aromatic nitrogens is 1. The van der Waals surface area contributed by atoms with Gasteiger partial charge in [-0.2, -0.15) is 0 Å². The molecule has 1 amide bonds. The fourth-order valence-electron chi connectivity index (χ4n) is 0.888. The quantitative estimate of drug-likeness (QED) is 0.720. The zero-order chi connectivity index (χ0) is 9.52. The van der Waals surface area contributed by atoms with Crippen molar-refractivity contribution < 1.29 is 4.79 Å². The van der Waals surface area contributed by atoms with Gasteiger partial charge < -0.3 is 10.6 Å². The number of hydrogen-bond acceptors (Lipinski definition) is 4. The molecule has 0 unspecified atom stereocenters. The van der Waals surface area contributed by atoms with E-state index in [2.05, 4.69) is 15.6 Å².